The maximum absolute atomic E-state index is 8.81. The predicted molar refractivity (Wildman–Crippen MR) is 32.6 cm³/mol. The summed E-state index contributed by atoms with van der Waals surface area (Å²) in [5.74, 6) is 0. The first-order valence-corrected chi connectivity index (χ1v) is 5.00. The zero-order chi connectivity index (χ0) is 7.15. The normalized spacial score (nSPS) is 8.08. The first-order chi connectivity index (χ1) is 3.46. The minimum absolute atomic E-state index is 0. The van der Waals surface area contributed by atoms with Crippen molar-refractivity contribution in [1.29, 1.82) is 0 Å². The smallest absolute Gasteiger partial charge is 0.806 e. The van der Waals surface area contributed by atoms with E-state index < -0.39 is 20.1 Å². The van der Waals surface area contributed by atoms with Gasteiger partial charge in [-0.3, -0.25) is 0 Å². The van der Waals surface area contributed by atoms with Crippen LogP contribution in [-0.4, -0.2) is 17.9 Å². The molecular formula is Na4O4S4. The van der Waals surface area contributed by atoms with Crippen LogP contribution in [0.25, 0.3) is 0 Å². The summed E-state index contributed by atoms with van der Waals surface area (Å²) in [4.78, 5) is 0. The topological polar surface area (TPSA) is 86.2 Å². The molecule has 0 aromatic heterocycles. The van der Waals surface area contributed by atoms with E-state index in [9.17, 15) is 0 Å². The molecule has 0 fully saturated rings. The summed E-state index contributed by atoms with van der Waals surface area (Å²) < 4.78 is 35.3. The molecule has 12 heteroatoms. The largest absolute Gasteiger partial charge is 1.00 e. The fourth-order valence-corrected chi connectivity index (χ4v) is 0. The molecule has 0 aliphatic rings. The number of hydrogen-bond donors (Lipinski definition) is 0. The summed E-state index contributed by atoms with van der Waals surface area (Å²) in [5, 5.41) is 0. The molecule has 0 saturated carbocycles. The van der Waals surface area contributed by atoms with E-state index in [4.69, 9.17) is 17.9 Å². The van der Waals surface area contributed by atoms with E-state index in [1.165, 1.54) is 0 Å². The molecule has 0 radical (unpaired) electrons. The van der Waals surface area contributed by atoms with Crippen molar-refractivity contribution in [1.82, 2.24) is 0 Å². The van der Waals surface area contributed by atoms with Gasteiger partial charge in [-0.25, -0.2) is 10.1 Å². The first-order valence-electron chi connectivity index (χ1n) is 1.00. The van der Waals surface area contributed by atoms with Crippen molar-refractivity contribution < 1.29 is 136 Å². The summed E-state index contributed by atoms with van der Waals surface area (Å²) >= 11 is 7.07. The number of hydrogen-bond acceptors (Lipinski definition) is 6. The van der Waals surface area contributed by atoms with Gasteiger partial charge in [0, 0.05) is 0 Å². The van der Waals surface area contributed by atoms with Crippen LogP contribution < -0.4 is 118 Å². The molecule has 0 amide bonds. The molecule has 4 nitrogen and oxygen atoms in total. The van der Waals surface area contributed by atoms with E-state index in [-0.39, 0.29) is 118 Å². The van der Waals surface area contributed by atoms with Crippen LogP contribution in [0.1, 0.15) is 0 Å². The molecule has 0 spiro atoms. The van der Waals surface area contributed by atoms with Crippen LogP contribution >= 0.6 is 0 Å². The Morgan fingerprint density at radius 3 is 1.00 bits per heavy atom. The van der Waals surface area contributed by atoms with E-state index in [2.05, 4.69) is 22.8 Å². The van der Waals surface area contributed by atoms with Crippen LogP contribution in [0.15, 0.2) is 0 Å². The Morgan fingerprint density at radius 2 is 1.00 bits per heavy atom. The summed E-state index contributed by atoms with van der Waals surface area (Å²) in [7, 11) is -4.56. The van der Waals surface area contributed by atoms with Gasteiger partial charge in [0.1, 0.15) is 0 Å². The second kappa shape index (κ2) is 29.7. The molecule has 0 aliphatic heterocycles. The average Bonchev–Trinajstić information content (AvgIpc) is 1.25. The molecule has 12 heavy (non-hydrogen) atoms. The molecule has 0 aromatic carbocycles. The van der Waals surface area contributed by atoms with Crippen LogP contribution in [-0.2, 0) is 43.0 Å². The van der Waals surface area contributed by atoms with E-state index in [0.717, 1.165) is 0 Å². The van der Waals surface area contributed by atoms with Gasteiger partial charge >= 0.3 is 118 Å². The molecule has 0 rings (SSSR count). The molecular weight excluding hydrogens is 284 g/mol. The van der Waals surface area contributed by atoms with E-state index in [1.54, 1.807) is 0 Å². The standard InChI is InChI=1S/4Na.2H2O2S2/c;;;;2*1-4(2)3/h;;;;2*(H2,1,2,3)/q4*+1;;/p-4. The number of rotatable bonds is 0. The fourth-order valence-electron chi connectivity index (χ4n) is 0. The molecule has 0 aliphatic carbocycles. The van der Waals surface area contributed by atoms with Crippen molar-refractivity contribution in [3.8, 4) is 0 Å². The van der Waals surface area contributed by atoms with Gasteiger partial charge in [0.15, 0.2) is 0 Å². The van der Waals surface area contributed by atoms with Crippen molar-refractivity contribution in [3.05, 3.63) is 0 Å². The van der Waals surface area contributed by atoms with Crippen molar-refractivity contribution >= 4 is 43.0 Å². The Kier molecular flexibility index (Phi) is 89.1. The summed E-state index contributed by atoms with van der Waals surface area (Å²) in [5.41, 5.74) is 0. The monoisotopic (exact) mass is 284 g/mol. The minimum atomic E-state index is -2.28. The van der Waals surface area contributed by atoms with Crippen LogP contribution in [0.4, 0.5) is 0 Å². The van der Waals surface area contributed by atoms with Crippen molar-refractivity contribution in [2.24, 2.45) is 0 Å². The van der Waals surface area contributed by atoms with Crippen LogP contribution in [0, 0.1) is 0 Å². The Morgan fingerprint density at radius 1 is 1.00 bits per heavy atom. The Labute approximate surface area is 175 Å². The van der Waals surface area contributed by atoms with Crippen LogP contribution in [0.3, 0.4) is 0 Å². The maximum Gasteiger partial charge on any atom is 1.00 e. The van der Waals surface area contributed by atoms with Crippen molar-refractivity contribution in [2.75, 3.05) is 0 Å². The minimum Gasteiger partial charge on any atom is -0.806 e. The third-order valence-corrected chi connectivity index (χ3v) is 0. The molecule has 52 valence electrons. The Hall–Kier alpha value is 4.95. The van der Waals surface area contributed by atoms with Gasteiger partial charge in [-0.2, -0.15) is 0 Å². The zero-order valence-corrected chi connectivity index (χ0v) is 18.5. The maximum atomic E-state index is 8.81. The third-order valence-electron chi connectivity index (χ3n) is 0. The van der Waals surface area contributed by atoms with E-state index in [1.807, 2.05) is 0 Å². The van der Waals surface area contributed by atoms with Crippen molar-refractivity contribution in [2.45, 2.75) is 0 Å². The summed E-state index contributed by atoms with van der Waals surface area (Å²) in [6.45, 7) is 0. The van der Waals surface area contributed by atoms with Gasteiger partial charge in [-0.15, -0.1) is 0 Å². The molecule has 0 N–H and O–H groups in total. The second-order valence-electron chi connectivity index (χ2n) is 0.408. The first kappa shape index (κ1) is 36.0. The van der Waals surface area contributed by atoms with Gasteiger partial charge < -0.3 is 39.5 Å². The molecule has 0 saturated heterocycles. The SMILES string of the molecule is O=S([O-])[S-].[Na+].[Na+].[Na+].[Na+].[O-]S([O-])=S. The van der Waals surface area contributed by atoms with Crippen LogP contribution in [0.2, 0.25) is 0 Å². The van der Waals surface area contributed by atoms with Crippen molar-refractivity contribution in [3.63, 3.8) is 0 Å². The molecule has 0 bridgehead atoms. The summed E-state index contributed by atoms with van der Waals surface area (Å²) in [6, 6.07) is 0. The fraction of sp³-hybridized carbons (Fsp3) is 0. The van der Waals surface area contributed by atoms with E-state index in [0.29, 0.717) is 0 Å². The molecule has 1 atom stereocenters. The van der Waals surface area contributed by atoms with Gasteiger partial charge in [-0.05, 0) is 0 Å². The van der Waals surface area contributed by atoms with Gasteiger partial charge in [0.05, 0.1) is 0 Å². The molecule has 1 unspecified atom stereocenters. The predicted octanol–water partition coefficient (Wildman–Crippen LogP) is -13.3. The van der Waals surface area contributed by atoms with Gasteiger partial charge in [0.25, 0.3) is 0 Å². The zero-order valence-electron chi connectivity index (χ0n) is 7.27. The molecule has 0 heterocycles. The Bertz CT molecular complexity index is 77.1. The van der Waals surface area contributed by atoms with Gasteiger partial charge in [0.2, 0.25) is 0 Å². The van der Waals surface area contributed by atoms with Gasteiger partial charge in [-0.1, -0.05) is 11.2 Å². The second-order valence-corrected chi connectivity index (χ2v) is 2.86. The third kappa shape index (κ3) is 119. The Balaban J connectivity index is -0.0000000112. The van der Waals surface area contributed by atoms with E-state index >= 15 is 0 Å². The average molecular weight is 284 g/mol. The molecule has 0 aromatic rings. The van der Waals surface area contributed by atoms with Crippen LogP contribution in [0.5, 0.6) is 0 Å². The quantitative estimate of drug-likeness (QED) is 0.190. The summed E-state index contributed by atoms with van der Waals surface area (Å²) in [6.07, 6.45) is 0.